The van der Waals surface area contributed by atoms with Crippen LogP contribution in [0.3, 0.4) is 0 Å². The van der Waals surface area contributed by atoms with Crippen LogP contribution >= 0.6 is 0 Å². The Morgan fingerprint density at radius 1 is 1.25 bits per heavy atom. The summed E-state index contributed by atoms with van der Waals surface area (Å²) in [4.78, 5) is 24.7. The molecule has 1 rings (SSSR count). The van der Waals surface area contributed by atoms with Crippen LogP contribution in [0.1, 0.15) is 25.7 Å². The van der Waals surface area contributed by atoms with E-state index in [0.29, 0.717) is 26.2 Å². The van der Waals surface area contributed by atoms with Crippen molar-refractivity contribution in [2.24, 2.45) is 0 Å². The Morgan fingerprint density at radius 2 is 1.94 bits per heavy atom. The highest BCUT2D eigenvalue weighted by Crippen LogP contribution is 2.08. The Hall–Kier alpha value is -1.10. The molecule has 0 radical (unpaired) electrons. The second-order valence-electron chi connectivity index (χ2n) is 3.96. The van der Waals surface area contributed by atoms with Gasteiger partial charge in [-0.3, -0.25) is 9.59 Å². The zero-order valence-corrected chi connectivity index (χ0v) is 9.83. The van der Waals surface area contributed by atoms with Crippen molar-refractivity contribution >= 4 is 11.8 Å². The lowest BCUT2D eigenvalue weighted by molar-refractivity contribution is -0.146. The first kappa shape index (κ1) is 13.0. The third-order valence-electron chi connectivity index (χ3n) is 2.65. The lowest BCUT2D eigenvalue weighted by Crippen LogP contribution is -2.45. The van der Waals surface area contributed by atoms with Crippen molar-refractivity contribution in [3.05, 3.63) is 0 Å². The summed E-state index contributed by atoms with van der Waals surface area (Å²) in [5.41, 5.74) is 0. The standard InChI is InChI=1S/C11H20N2O3/c1-16-9-5-6-12-10(14)11(15)13-7-3-2-4-8-13/h2-9H2,1H3,(H,12,14). The molecule has 1 heterocycles. The summed E-state index contributed by atoms with van der Waals surface area (Å²) in [5, 5.41) is 2.60. The van der Waals surface area contributed by atoms with Gasteiger partial charge in [0.1, 0.15) is 0 Å². The van der Waals surface area contributed by atoms with E-state index in [2.05, 4.69) is 5.32 Å². The zero-order valence-electron chi connectivity index (χ0n) is 9.83. The molecule has 0 atom stereocenters. The molecule has 16 heavy (non-hydrogen) atoms. The SMILES string of the molecule is COCCCNC(=O)C(=O)N1CCCCC1. The van der Waals surface area contributed by atoms with Gasteiger partial charge in [0.15, 0.2) is 0 Å². The Balaban J connectivity index is 2.21. The van der Waals surface area contributed by atoms with Crippen LogP contribution in [0.25, 0.3) is 0 Å². The number of ether oxygens (including phenoxy) is 1. The molecule has 0 aromatic rings. The number of nitrogens with one attached hydrogen (secondary N) is 1. The van der Waals surface area contributed by atoms with E-state index in [4.69, 9.17) is 4.74 Å². The fourth-order valence-electron chi connectivity index (χ4n) is 1.73. The highest BCUT2D eigenvalue weighted by Gasteiger charge is 2.22. The fraction of sp³-hybridized carbons (Fsp3) is 0.818. The molecule has 1 aliphatic heterocycles. The summed E-state index contributed by atoms with van der Waals surface area (Å²) in [5.74, 6) is -0.880. The van der Waals surface area contributed by atoms with Crippen LogP contribution in [0.4, 0.5) is 0 Å². The number of amides is 2. The summed E-state index contributed by atoms with van der Waals surface area (Å²) in [6.45, 7) is 2.51. The van der Waals surface area contributed by atoms with Gasteiger partial charge in [0, 0.05) is 33.4 Å². The Morgan fingerprint density at radius 3 is 2.56 bits per heavy atom. The average molecular weight is 228 g/mol. The van der Waals surface area contributed by atoms with Crippen LogP contribution in [0.5, 0.6) is 0 Å². The van der Waals surface area contributed by atoms with Gasteiger partial charge in [0.2, 0.25) is 0 Å². The summed E-state index contributed by atoms with van der Waals surface area (Å²) in [6.07, 6.45) is 3.89. The molecule has 0 unspecified atom stereocenters. The van der Waals surface area contributed by atoms with E-state index in [1.165, 1.54) is 0 Å². The minimum atomic E-state index is -0.488. The maximum Gasteiger partial charge on any atom is 0.311 e. The molecule has 92 valence electrons. The van der Waals surface area contributed by atoms with Gasteiger partial charge < -0.3 is 15.0 Å². The molecule has 0 aromatic carbocycles. The molecule has 1 fully saturated rings. The van der Waals surface area contributed by atoms with Gasteiger partial charge in [0.05, 0.1) is 0 Å². The smallest absolute Gasteiger partial charge is 0.311 e. The highest BCUT2D eigenvalue weighted by atomic mass is 16.5. The monoisotopic (exact) mass is 228 g/mol. The van der Waals surface area contributed by atoms with Crippen molar-refractivity contribution < 1.29 is 14.3 Å². The van der Waals surface area contributed by atoms with Crippen molar-refractivity contribution in [2.45, 2.75) is 25.7 Å². The molecule has 0 bridgehead atoms. The predicted octanol–water partition coefficient (Wildman–Crippen LogP) is 0.152. The number of carbonyl (C=O) groups is 2. The molecule has 2 amide bonds. The van der Waals surface area contributed by atoms with Gasteiger partial charge in [-0.05, 0) is 25.7 Å². The zero-order chi connectivity index (χ0) is 11.8. The number of nitrogens with zero attached hydrogens (tertiary/aromatic N) is 1. The maximum absolute atomic E-state index is 11.6. The van der Waals surface area contributed by atoms with E-state index in [1.54, 1.807) is 12.0 Å². The number of rotatable bonds is 4. The van der Waals surface area contributed by atoms with E-state index in [9.17, 15) is 9.59 Å². The highest BCUT2D eigenvalue weighted by molar-refractivity contribution is 6.35. The van der Waals surface area contributed by atoms with Crippen molar-refractivity contribution in [3.63, 3.8) is 0 Å². The second-order valence-corrected chi connectivity index (χ2v) is 3.96. The Labute approximate surface area is 96.1 Å². The fourth-order valence-corrected chi connectivity index (χ4v) is 1.73. The largest absolute Gasteiger partial charge is 0.385 e. The van der Waals surface area contributed by atoms with Gasteiger partial charge in [0.25, 0.3) is 0 Å². The van der Waals surface area contributed by atoms with Crippen LogP contribution in [-0.2, 0) is 14.3 Å². The maximum atomic E-state index is 11.6. The summed E-state index contributed by atoms with van der Waals surface area (Å²) < 4.78 is 4.85. The van der Waals surface area contributed by atoms with E-state index >= 15 is 0 Å². The normalized spacial score (nSPS) is 15.9. The van der Waals surface area contributed by atoms with E-state index in [0.717, 1.165) is 25.7 Å². The van der Waals surface area contributed by atoms with Crippen LogP contribution in [0, 0.1) is 0 Å². The first-order chi connectivity index (χ1) is 7.75. The molecule has 0 aromatic heterocycles. The van der Waals surface area contributed by atoms with Gasteiger partial charge in [-0.25, -0.2) is 0 Å². The van der Waals surface area contributed by atoms with E-state index in [1.807, 2.05) is 0 Å². The minimum Gasteiger partial charge on any atom is -0.385 e. The Kier molecular flexibility index (Phi) is 5.85. The lowest BCUT2D eigenvalue weighted by Gasteiger charge is -2.25. The number of methoxy groups -OCH3 is 1. The summed E-state index contributed by atoms with van der Waals surface area (Å²) in [7, 11) is 1.61. The second kappa shape index (κ2) is 7.22. The first-order valence-corrected chi connectivity index (χ1v) is 5.81. The lowest BCUT2D eigenvalue weighted by atomic mass is 10.1. The average Bonchev–Trinajstić information content (AvgIpc) is 2.34. The van der Waals surface area contributed by atoms with Crippen LogP contribution in [0.15, 0.2) is 0 Å². The summed E-state index contributed by atoms with van der Waals surface area (Å²) in [6, 6.07) is 0. The molecule has 5 heteroatoms. The predicted molar refractivity (Wildman–Crippen MR) is 59.9 cm³/mol. The van der Waals surface area contributed by atoms with Crippen LogP contribution in [0.2, 0.25) is 0 Å². The number of hydrogen-bond acceptors (Lipinski definition) is 3. The molecule has 1 aliphatic rings. The number of hydrogen-bond donors (Lipinski definition) is 1. The van der Waals surface area contributed by atoms with Crippen LogP contribution < -0.4 is 5.32 Å². The van der Waals surface area contributed by atoms with E-state index in [-0.39, 0.29) is 0 Å². The third kappa shape index (κ3) is 4.18. The molecule has 5 nitrogen and oxygen atoms in total. The molecule has 1 saturated heterocycles. The van der Waals surface area contributed by atoms with Gasteiger partial charge >= 0.3 is 11.8 Å². The first-order valence-electron chi connectivity index (χ1n) is 5.81. The van der Waals surface area contributed by atoms with Crippen molar-refractivity contribution in [2.75, 3.05) is 33.4 Å². The molecule has 0 spiro atoms. The van der Waals surface area contributed by atoms with Gasteiger partial charge in [-0.1, -0.05) is 0 Å². The third-order valence-corrected chi connectivity index (χ3v) is 2.65. The van der Waals surface area contributed by atoms with Crippen molar-refractivity contribution in [1.29, 1.82) is 0 Å². The molecule has 0 aliphatic carbocycles. The molecule has 1 N–H and O–H groups in total. The minimum absolute atomic E-state index is 0.392. The molecular weight excluding hydrogens is 208 g/mol. The quantitative estimate of drug-likeness (QED) is 0.550. The number of piperidine rings is 1. The topological polar surface area (TPSA) is 58.6 Å². The number of likely N-dealkylation sites (tertiary alicyclic amines) is 1. The number of carbonyl (C=O) groups excluding carboxylic acids is 2. The van der Waals surface area contributed by atoms with E-state index < -0.39 is 11.8 Å². The van der Waals surface area contributed by atoms with Crippen molar-refractivity contribution in [3.8, 4) is 0 Å². The van der Waals surface area contributed by atoms with Gasteiger partial charge in [-0.2, -0.15) is 0 Å². The molecule has 0 saturated carbocycles. The summed E-state index contributed by atoms with van der Waals surface area (Å²) >= 11 is 0. The van der Waals surface area contributed by atoms with Crippen molar-refractivity contribution in [1.82, 2.24) is 10.2 Å². The van der Waals surface area contributed by atoms with Crippen LogP contribution in [-0.4, -0.2) is 50.1 Å². The Bertz CT molecular complexity index is 237. The molecular formula is C11H20N2O3. The van der Waals surface area contributed by atoms with Gasteiger partial charge in [-0.15, -0.1) is 0 Å².